The second kappa shape index (κ2) is 8.48. The number of carbonyl (C=O) groups is 1. The Kier molecular flexibility index (Phi) is 5.42. The van der Waals surface area contributed by atoms with Crippen LogP contribution in [0.1, 0.15) is 27.4 Å². The van der Waals surface area contributed by atoms with Gasteiger partial charge in [-0.05, 0) is 36.8 Å². The zero-order valence-electron chi connectivity index (χ0n) is 15.9. The maximum absolute atomic E-state index is 12.6. The first kappa shape index (κ1) is 18.6. The normalized spacial score (nSPS) is 10.7. The van der Waals surface area contributed by atoms with Crippen molar-refractivity contribution in [1.82, 2.24) is 10.3 Å². The van der Waals surface area contributed by atoms with E-state index in [-0.39, 0.29) is 12.5 Å². The largest absolute Gasteiger partial charge is 0.486 e. The number of aryl methyl sites for hydroxylation is 1. The Labute approximate surface area is 168 Å². The van der Waals surface area contributed by atoms with Crippen molar-refractivity contribution in [3.05, 3.63) is 95.6 Å². The number of aromatic nitrogens is 1. The highest BCUT2D eigenvalue weighted by Crippen LogP contribution is 2.24. The molecule has 1 amide bonds. The molecule has 2 heterocycles. The molecule has 0 saturated heterocycles. The van der Waals surface area contributed by atoms with E-state index >= 15 is 0 Å². The van der Waals surface area contributed by atoms with Crippen LogP contribution in [-0.2, 0) is 13.2 Å². The van der Waals surface area contributed by atoms with Crippen molar-refractivity contribution < 1.29 is 18.4 Å². The molecule has 2 aromatic heterocycles. The Morgan fingerprint density at radius 3 is 2.62 bits per heavy atom. The summed E-state index contributed by atoms with van der Waals surface area (Å²) in [5, 5.41) is 2.92. The third-order valence-electron chi connectivity index (χ3n) is 4.42. The lowest BCUT2D eigenvalue weighted by molar-refractivity contribution is 0.0946. The van der Waals surface area contributed by atoms with Crippen molar-refractivity contribution in [1.29, 1.82) is 0 Å². The first-order valence-corrected chi connectivity index (χ1v) is 9.25. The first-order valence-electron chi connectivity index (χ1n) is 9.25. The molecule has 0 radical (unpaired) electrons. The molecule has 0 unspecified atom stereocenters. The van der Waals surface area contributed by atoms with Crippen molar-refractivity contribution in [3.8, 4) is 17.4 Å². The van der Waals surface area contributed by atoms with Crippen molar-refractivity contribution in [2.45, 2.75) is 20.1 Å². The quantitative estimate of drug-likeness (QED) is 0.494. The molecule has 0 saturated carbocycles. The van der Waals surface area contributed by atoms with Gasteiger partial charge in [0.2, 0.25) is 0 Å². The highest BCUT2D eigenvalue weighted by Gasteiger charge is 2.16. The second-order valence-electron chi connectivity index (χ2n) is 6.45. The monoisotopic (exact) mass is 388 g/mol. The minimum atomic E-state index is -0.197. The Bertz CT molecular complexity index is 1090. The molecule has 0 aliphatic carbocycles. The van der Waals surface area contributed by atoms with Crippen molar-refractivity contribution in [3.63, 3.8) is 0 Å². The minimum absolute atomic E-state index is 0.180. The fraction of sp³-hybridized carbons (Fsp3) is 0.130. The molecular formula is C23H20N2O4. The summed E-state index contributed by atoms with van der Waals surface area (Å²) in [6.07, 6.45) is 1.56. The van der Waals surface area contributed by atoms with Gasteiger partial charge in [-0.2, -0.15) is 0 Å². The third kappa shape index (κ3) is 4.38. The van der Waals surface area contributed by atoms with Gasteiger partial charge in [0.1, 0.15) is 23.8 Å². The minimum Gasteiger partial charge on any atom is -0.486 e. The van der Waals surface area contributed by atoms with E-state index in [1.165, 1.54) is 0 Å². The highest BCUT2D eigenvalue weighted by molar-refractivity contribution is 5.96. The van der Waals surface area contributed by atoms with Crippen LogP contribution in [0.2, 0.25) is 0 Å². The molecule has 0 fully saturated rings. The van der Waals surface area contributed by atoms with Crippen molar-refractivity contribution in [2.75, 3.05) is 0 Å². The lowest BCUT2D eigenvalue weighted by atomic mass is 10.1. The van der Waals surface area contributed by atoms with Crippen LogP contribution in [0.5, 0.6) is 5.75 Å². The smallest absolute Gasteiger partial charge is 0.263 e. The summed E-state index contributed by atoms with van der Waals surface area (Å²) in [4.78, 5) is 17.1. The average Bonchev–Trinajstić information content (AvgIpc) is 3.41. The van der Waals surface area contributed by atoms with Crippen LogP contribution < -0.4 is 10.1 Å². The van der Waals surface area contributed by atoms with Crippen LogP contribution in [0, 0.1) is 6.92 Å². The van der Waals surface area contributed by atoms with Crippen molar-refractivity contribution >= 4 is 5.91 Å². The van der Waals surface area contributed by atoms with Crippen LogP contribution in [0.3, 0.4) is 0 Å². The maximum Gasteiger partial charge on any atom is 0.263 e. The molecular weight excluding hydrogens is 368 g/mol. The number of amides is 1. The van der Waals surface area contributed by atoms with E-state index in [4.69, 9.17) is 13.6 Å². The molecule has 6 nitrogen and oxygen atoms in total. The highest BCUT2D eigenvalue weighted by atomic mass is 16.5. The molecule has 0 aliphatic heterocycles. The summed E-state index contributed by atoms with van der Waals surface area (Å²) in [5.41, 5.74) is 2.15. The molecule has 1 N–H and O–H groups in total. The fourth-order valence-corrected chi connectivity index (χ4v) is 2.87. The predicted molar refractivity (Wildman–Crippen MR) is 107 cm³/mol. The maximum atomic E-state index is 12.6. The number of para-hydroxylation sites is 1. The van der Waals surface area contributed by atoms with Gasteiger partial charge in [0.05, 0.1) is 11.8 Å². The average molecular weight is 388 g/mol. The Hall–Kier alpha value is -3.80. The number of carbonyl (C=O) groups excluding carboxylic acids is 1. The third-order valence-corrected chi connectivity index (χ3v) is 4.42. The Balaban J connectivity index is 1.44. The van der Waals surface area contributed by atoms with Gasteiger partial charge in [0.25, 0.3) is 11.8 Å². The van der Waals surface area contributed by atoms with E-state index in [0.29, 0.717) is 41.0 Å². The van der Waals surface area contributed by atoms with Gasteiger partial charge in [0, 0.05) is 6.54 Å². The van der Waals surface area contributed by atoms with Crippen LogP contribution in [0.15, 0.2) is 81.8 Å². The van der Waals surface area contributed by atoms with Gasteiger partial charge in [0.15, 0.2) is 5.76 Å². The number of ether oxygens (including phenoxy) is 1. The van der Waals surface area contributed by atoms with Crippen LogP contribution in [0.4, 0.5) is 0 Å². The summed E-state index contributed by atoms with van der Waals surface area (Å²) >= 11 is 0. The van der Waals surface area contributed by atoms with Crippen LogP contribution in [-0.4, -0.2) is 10.9 Å². The lowest BCUT2D eigenvalue weighted by Gasteiger charge is -2.11. The van der Waals surface area contributed by atoms with Gasteiger partial charge >= 0.3 is 0 Å². The van der Waals surface area contributed by atoms with Gasteiger partial charge in [-0.3, -0.25) is 4.79 Å². The molecule has 2 aromatic carbocycles. The number of nitrogens with one attached hydrogen (secondary N) is 1. The summed E-state index contributed by atoms with van der Waals surface area (Å²) in [5.74, 6) is 1.89. The van der Waals surface area contributed by atoms with E-state index < -0.39 is 0 Å². The summed E-state index contributed by atoms with van der Waals surface area (Å²) in [7, 11) is 0. The van der Waals surface area contributed by atoms with E-state index in [2.05, 4.69) is 10.3 Å². The number of rotatable bonds is 7. The van der Waals surface area contributed by atoms with E-state index in [9.17, 15) is 4.79 Å². The van der Waals surface area contributed by atoms with Crippen LogP contribution in [0.25, 0.3) is 11.7 Å². The Morgan fingerprint density at radius 1 is 1.03 bits per heavy atom. The summed E-state index contributed by atoms with van der Waals surface area (Å²) in [6, 6.07) is 20.4. The molecule has 0 bridgehead atoms. The molecule has 0 aliphatic rings. The number of hydrogen-bond donors (Lipinski definition) is 1. The topological polar surface area (TPSA) is 77.5 Å². The molecule has 146 valence electrons. The zero-order valence-corrected chi connectivity index (χ0v) is 15.9. The lowest BCUT2D eigenvalue weighted by Crippen LogP contribution is -2.23. The van der Waals surface area contributed by atoms with Gasteiger partial charge in [-0.25, -0.2) is 4.98 Å². The Morgan fingerprint density at radius 2 is 1.83 bits per heavy atom. The number of oxazole rings is 1. The standard InChI is InChI=1S/C23H20N2O4/c1-16-19(25-23(29-16)21-12-7-13-27-21)15-28-20-11-6-5-10-18(20)22(26)24-14-17-8-3-2-4-9-17/h2-13H,14-15H2,1H3,(H,24,26). The molecule has 0 atom stereocenters. The van der Waals surface area contributed by atoms with Crippen molar-refractivity contribution in [2.24, 2.45) is 0 Å². The van der Waals surface area contributed by atoms with Gasteiger partial charge < -0.3 is 18.9 Å². The molecule has 4 aromatic rings. The van der Waals surface area contributed by atoms with E-state index in [1.807, 2.05) is 43.3 Å². The molecule has 6 heteroatoms. The van der Waals surface area contributed by atoms with E-state index in [0.717, 1.165) is 5.56 Å². The van der Waals surface area contributed by atoms with E-state index in [1.54, 1.807) is 36.6 Å². The van der Waals surface area contributed by atoms with Gasteiger partial charge in [-0.1, -0.05) is 42.5 Å². The van der Waals surface area contributed by atoms with Gasteiger partial charge in [-0.15, -0.1) is 0 Å². The number of nitrogens with zero attached hydrogens (tertiary/aromatic N) is 1. The fourth-order valence-electron chi connectivity index (χ4n) is 2.87. The number of furan rings is 1. The zero-order chi connectivity index (χ0) is 20.1. The second-order valence-corrected chi connectivity index (χ2v) is 6.45. The molecule has 0 spiro atoms. The van der Waals surface area contributed by atoms with Crippen LogP contribution >= 0.6 is 0 Å². The molecule has 29 heavy (non-hydrogen) atoms. The molecule has 4 rings (SSSR count). The SMILES string of the molecule is Cc1oc(-c2ccco2)nc1COc1ccccc1C(=O)NCc1ccccc1. The predicted octanol–water partition coefficient (Wildman–Crippen LogP) is 4.75. The first-order chi connectivity index (χ1) is 14.2. The number of benzene rings is 2. The summed E-state index contributed by atoms with van der Waals surface area (Å²) in [6.45, 7) is 2.44. The summed E-state index contributed by atoms with van der Waals surface area (Å²) < 4.78 is 16.9. The number of hydrogen-bond acceptors (Lipinski definition) is 5.